The van der Waals surface area contributed by atoms with Crippen LogP contribution in [-0.4, -0.2) is 0 Å². The number of hydrogen-bond donors (Lipinski definition) is 0. The molecule has 0 saturated carbocycles. The Bertz CT molecular complexity index is 661. The van der Waals surface area contributed by atoms with Crippen LogP contribution in [0, 0.1) is 0 Å². The molecule has 0 aliphatic rings. The van der Waals surface area contributed by atoms with Gasteiger partial charge in [0.25, 0.3) is 0 Å². The van der Waals surface area contributed by atoms with Crippen LogP contribution in [0.4, 0.5) is 0 Å². The summed E-state index contributed by atoms with van der Waals surface area (Å²) < 4.78 is 12.0. The van der Waals surface area contributed by atoms with E-state index in [0.717, 1.165) is 35.0 Å². The van der Waals surface area contributed by atoms with Crippen molar-refractivity contribution in [2.45, 2.75) is 13.3 Å². The number of para-hydroxylation sites is 2. The zero-order valence-corrected chi connectivity index (χ0v) is 12.5. The molecule has 0 bridgehead atoms. The summed E-state index contributed by atoms with van der Waals surface area (Å²) in [5, 5.41) is 0. The number of benzene rings is 3. The summed E-state index contributed by atoms with van der Waals surface area (Å²) in [6.07, 6.45) is 0.838. The van der Waals surface area contributed by atoms with Gasteiger partial charge in [0.2, 0.25) is 0 Å². The van der Waals surface area contributed by atoms with Crippen molar-refractivity contribution in [3.8, 4) is 23.0 Å². The maximum Gasteiger partial charge on any atom is 0.134 e. The maximum absolute atomic E-state index is 6.00. The van der Waals surface area contributed by atoms with Crippen molar-refractivity contribution in [2.75, 3.05) is 0 Å². The first kappa shape index (κ1) is 14.2. The standard InChI is InChI=1S/C20H18O2/c1-2-18-19(21-16-10-5-3-6-11-16)14-9-15-20(18)22-17-12-7-4-8-13-17/h3-15H,2H2,1H3. The summed E-state index contributed by atoms with van der Waals surface area (Å²) in [6, 6.07) is 25.5. The van der Waals surface area contributed by atoms with Crippen LogP contribution in [0.3, 0.4) is 0 Å². The summed E-state index contributed by atoms with van der Waals surface area (Å²) >= 11 is 0. The average Bonchev–Trinajstić information content (AvgIpc) is 2.57. The number of rotatable bonds is 5. The predicted molar refractivity (Wildman–Crippen MR) is 88.9 cm³/mol. The molecule has 0 heterocycles. The second-order valence-electron chi connectivity index (χ2n) is 4.92. The molecule has 3 aromatic rings. The van der Waals surface area contributed by atoms with Crippen LogP contribution >= 0.6 is 0 Å². The average molecular weight is 290 g/mol. The van der Waals surface area contributed by atoms with Gasteiger partial charge in [-0.25, -0.2) is 0 Å². The van der Waals surface area contributed by atoms with Crippen molar-refractivity contribution in [3.63, 3.8) is 0 Å². The van der Waals surface area contributed by atoms with Crippen LogP contribution in [-0.2, 0) is 6.42 Å². The quantitative estimate of drug-likeness (QED) is 0.588. The first-order valence-electron chi connectivity index (χ1n) is 7.44. The van der Waals surface area contributed by atoms with Gasteiger partial charge >= 0.3 is 0 Å². The molecule has 0 aromatic heterocycles. The van der Waals surface area contributed by atoms with Crippen molar-refractivity contribution in [3.05, 3.63) is 84.4 Å². The largest absolute Gasteiger partial charge is 0.457 e. The highest BCUT2D eigenvalue weighted by atomic mass is 16.5. The van der Waals surface area contributed by atoms with E-state index in [1.807, 2.05) is 78.9 Å². The molecule has 0 aliphatic heterocycles. The Balaban J connectivity index is 1.90. The van der Waals surface area contributed by atoms with Crippen LogP contribution < -0.4 is 9.47 Å². The van der Waals surface area contributed by atoms with Crippen LogP contribution in [0.1, 0.15) is 12.5 Å². The van der Waals surface area contributed by atoms with Gasteiger partial charge in [0, 0.05) is 5.56 Å². The van der Waals surface area contributed by atoms with E-state index < -0.39 is 0 Å². The summed E-state index contributed by atoms with van der Waals surface area (Å²) in [7, 11) is 0. The smallest absolute Gasteiger partial charge is 0.134 e. The molecule has 0 saturated heterocycles. The van der Waals surface area contributed by atoms with Gasteiger partial charge < -0.3 is 9.47 Å². The highest BCUT2D eigenvalue weighted by Crippen LogP contribution is 2.34. The topological polar surface area (TPSA) is 18.5 Å². The van der Waals surface area contributed by atoms with Crippen LogP contribution in [0.25, 0.3) is 0 Å². The van der Waals surface area contributed by atoms with Gasteiger partial charge in [0.1, 0.15) is 23.0 Å². The van der Waals surface area contributed by atoms with Gasteiger partial charge in [0.05, 0.1) is 0 Å². The lowest BCUT2D eigenvalue weighted by Gasteiger charge is -2.15. The van der Waals surface area contributed by atoms with E-state index in [1.54, 1.807) is 0 Å². The molecular formula is C20H18O2. The van der Waals surface area contributed by atoms with Gasteiger partial charge in [-0.2, -0.15) is 0 Å². The molecule has 2 heteroatoms. The van der Waals surface area contributed by atoms with Gasteiger partial charge in [-0.15, -0.1) is 0 Å². The monoisotopic (exact) mass is 290 g/mol. The Morgan fingerprint density at radius 3 is 1.45 bits per heavy atom. The Hall–Kier alpha value is -2.74. The highest BCUT2D eigenvalue weighted by molar-refractivity contribution is 5.48. The molecule has 0 radical (unpaired) electrons. The molecule has 0 N–H and O–H groups in total. The van der Waals surface area contributed by atoms with E-state index in [-0.39, 0.29) is 0 Å². The lowest BCUT2D eigenvalue weighted by Crippen LogP contribution is -1.95. The molecular weight excluding hydrogens is 272 g/mol. The molecule has 2 nitrogen and oxygen atoms in total. The van der Waals surface area contributed by atoms with E-state index in [0.29, 0.717) is 0 Å². The third kappa shape index (κ3) is 3.29. The molecule has 0 aliphatic carbocycles. The normalized spacial score (nSPS) is 10.2. The highest BCUT2D eigenvalue weighted by Gasteiger charge is 2.10. The minimum absolute atomic E-state index is 0.828. The SMILES string of the molecule is CCc1c(Oc2ccccc2)cccc1Oc1ccccc1. The van der Waals surface area contributed by atoms with Gasteiger partial charge in [0.15, 0.2) is 0 Å². The van der Waals surface area contributed by atoms with Crippen LogP contribution in [0.15, 0.2) is 78.9 Å². The number of hydrogen-bond acceptors (Lipinski definition) is 2. The third-order valence-corrected chi connectivity index (χ3v) is 3.39. The van der Waals surface area contributed by atoms with Gasteiger partial charge in [-0.05, 0) is 42.8 Å². The van der Waals surface area contributed by atoms with Crippen molar-refractivity contribution in [2.24, 2.45) is 0 Å². The lowest BCUT2D eigenvalue weighted by atomic mass is 10.1. The van der Waals surface area contributed by atoms with Crippen molar-refractivity contribution >= 4 is 0 Å². The summed E-state index contributed by atoms with van der Waals surface area (Å²) in [4.78, 5) is 0. The first-order chi connectivity index (χ1) is 10.9. The molecule has 0 fully saturated rings. The molecule has 22 heavy (non-hydrogen) atoms. The van der Waals surface area contributed by atoms with E-state index in [4.69, 9.17) is 9.47 Å². The molecule has 3 aromatic carbocycles. The fourth-order valence-electron chi connectivity index (χ4n) is 2.32. The van der Waals surface area contributed by atoms with Crippen LogP contribution in [0.5, 0.6) is 23.0 Å². The summed E-state index contributed by atoms with van der Waals surface area (Å²) in [5.74, 6) is 3.33. The van der Waals surface area contributed by atoms with Gasteiger partial charge in [-0.1, -0.05) is 49.4 Å². The van der Waals surface area contributed by atoms with E-state index >= 15 is 0 Å². The van der Waals surface area contributed by atoms with Crippen molar-refractivity contribution in [1.82, 2.24) is 0 Å². The second kappa shape index (κ2) is 6.81. The Labute approximate surface area is 131 Å². The minimum atomic E-state index is 0.828. The number of ether oxygens (including phenoxy) is 2. The minimum Gasteiger partial charge on any atom is -0.457 e. The first-order valence-corrected chi connectivity index (χ1v) is 7.44. The summed E-state index contributed by atoms with van der Waals surface area (Å²) in [5.41, 5.74) is 1.07. The van der Waals surface area contributed by atoms with Crippen molar-refractivity contribution in [1.29, 1.82) is 0 Å². The molecule has 3 rings (SSSR count). The molecule has 0 atom stereocenters. The molecule has 0 amide bonds. The van der Waals surface area contributed by atoms with Gasteiger partial charge in [-0.3, -0.25) is 0 Å². The Morgan fingerprint density at radius 2 is 1.05 bits per heavy atom. The molecule has 0 spiro atoms. The molecule has 0 unspecified atom stereocenters. The zero-order valence-electron chi connectivity index (χ0n) is 12.5. The fraction of sp³-hybridized carbons (Fsp3) is 0.100. The third-order valence-electron chi connectivity index (χ3n) is 3.39. The van der Waals surface area contributed by atoms with E-state index in [9.17, 15) is 0 Å². The maximum atomic E-state index is 6.00. The predicted octanol–water partition coefficient (Wildman–Crippen LogP) is 5.83. The zero-order chi connectivity index (χ0) is 15.2. The second-order valence-corrected chi connectivity index (χ2v) is 4.92. The van der Waals surface area contributed by atoms with Crippen LogP contribution in [0.2, 0.25) is 0 Å². The summed E-state index contributed by atoms with van der Waals surface area (Å²) in [6.45, 7) is 2.10. The Kier molecular flexibility index (Phi) is 4.40. The Morgan fingerprint density at radius 1 is 0.591 bits per heavy atom. The molecule has 110 valence electrons. The lowest BCUT2D eigenvalue weighted by molar-refractivity contribution is 0.450. The van der Waals surface area contributed by atoms with E-state index in [2.05, 4.69) is 6.92 Å². The van der Waals surface area contributed by atoms with E-state index in [1.165, 1.54) is 0 Å². The fourth-order valence-corrected chi connectivity index (χ4v) is 2.32. The van der Waals surface area contributed by atoms with Crippen molar-refractivity contribution < 1.29 is 9.47 Å².